The fraction of sp³-hybridized carbons (Fsp3) is 0.444. The molecule has 0 bridgehead atoms. The van der Waals surface area contributed by atoms with Gasteiger partial charge in [-0.3, -0.25) is 4.79 Å². The number of esters is 1. The molecule has 0 radical (unpaired) electrons. The highest BCUT2D eigenvalue weighted by Crippen LogP contribution is 2.36. The van der Waals surface area contributed by atoms with E-state index in [9.17, 15) is 9.59 Å². The van der Waals surface area contributed by atoms with Gasteiger partial charge in [-0.1, -0.05) is 25.1 Å². The van der Waals surface area contributed by atoms with E-state index in [1.165, 1.54) is 12.7 Å². The molecule has 1 atom stereocenters. The fourth-order valence-electron chi connectivity index (χ4n) is 2.74. The summed E-state index contributed by atoms with van der Waals surface area (Å²) in [5, 5.41) is 0. The van der Waals surface area contributed by atoms with Crippen LogP contribution in [-0.4, -0.2) is 26.0 Å². The number of methoxy groups -OCH3 is 2. The van der Waals surface area contributed by atoms with Crippen LogP contribution in [0.1, 0.15) is 31.7 Å². The molecule has 4 nitrogen and oxygen atoms in total. The zero-order valence-electron chi connectivity index (χ0n) is 13.3. The zero-order valence-corrected chi connectivity index (χ0v) is 13.3. The Morgan fingerprint density at radius 2 is 1.91 bits per heavy atom. The van der Waals surface area contributed by atoms with Gasteiger partial charge in [-0.15, -0.1) is 0 Å². The van der Waals surface area contributed by atoms with Crippen molar-refractivity contribution in [2.24, 2.45) is 5.41 Å². The van der Waals surface area contributed by atoms with Crippen molar-refractivity contribution in [3.63, 3.8) is 0 Å². The predicted molar refractivity (Wildman–Crippen MR) is 83.8 cm³/mol. The first-order chi connectivity index (χ1) is 10.5. The Morgan fingerprint density at radius 3 is 2.50 bits per heavy atom. The van der Waals surface area contributed by atoms with Gasteiger partial charge in [0, 0.05) is 6.42 Å². The number of aryl methyl sites for hydroxylation is 1. The molecule has 1 unspecified atom stereocenters. The second kappa shape index (κ2) is 6.77. The molecule has 0 aromatic heterocycles. The molecule has 0 spiro atoms. The Morgan fingerprint density at radius 1 is 1.23 bits per heavy atom. The van der Waals surface area contributed by atoms with Crippen LogP contribution in [0, 0.1) is 5.41 Å². The summed E-state index contributed by atoms with van der Waals surface area (Å²) >= 11 is 0. The van der Waals surface area contributed by atoms with Crippen LogP contribution < -0.4 is 4.74 Å². The second-order valence-corrected chi connectivity index (χ2v) is 5.97. The molecule has 1 aromatic rings. The lowest BCUT2D eigenvalue weighted by molar-refractivity contribution is -0.138. The van der Waals surface area contributed by atoms with E-state index in [4.69, 9.17) is 9.47 Å². The number of allylic oxidation sites excluding steroid dienone is 1. The average molecular weight is 302 g/mol. The van der Waals surface area contributed by atoms with E-state index >= 15 is 0 Å². The van der Waals surface area contributed by atoms with Crippen LogP contribution in [0.4, 0.5) is 0 Å². The van der Waals surface area contributed by atoms with Gasteiger partial charge in [0.05, 0.1) is 19.8 Å². The van der Waals surface area contributed by atoms with Gasteiger partial charge in [-0.05, 0) is 42.4 Å². The molecule has 1 aliphatic carbocycles. The topological polar surface area (TPSA) is 52.6 Å². The summed E-state index contributed by atoms with van der Waals surface area (Å²) in [4.78, 5) is 23.5. The van der Waals surface area contributed by atoms with Crippen molar-refractivity contribution < 1.29 is 19.1 Å². The van der Waals surface area contributed by atoms with Crippen LogP contribution >= 0.6 is 0 Å². The van der Waals surface area contributed by atoms with E-state index in [-0.39, 0.29) is 16.8 Å². The van der Waals surface area contributed by atoms with Crippen molar-refractivity contribution >= 4 is 11.8 Å². The van der Waals surface area contributed by atoms with Crippen LogP contribution in [0.2, 0.25) is 0 Å². The summed E-state index contributed by atoms with van der Waals surface area (Å²) in [5.41, 5.74) is 1.26. The number of Topliss-reactive ketones (excluding diaryl/α,β-unsaturated/α-hetero) is 1. The van der Waals surface area contributed by atoms with Gasteiger partial charge in [0.2, 0.25) is 0 Å². The van der Waals surface area contributed by atoms with Gasteiger partial charge in [-0.2, -0.15) is 0 Å². The molecule has 0 saturated heterocycles. The minimum absolute atomic E-state index is 0.117. The van der Waals surface area contributed by atoms with Gasteiger partial charge >= 0.3 is 5.97 Å². The highest BCUT2D eigenvalue weighted by molar-refractivity contribution is 6.17. The maximum atomic E-state index is 11.8. The molecule has 0 heterocycles. The molecule has 0 amide bonds. The van der Waals surface area contributed by atoms with Crippen molar-refractivity contribution in [3.05, 3.63) is 41.5 Å². The summed E-state index contributed by atoms with van der Waals surface area (Å²) in [6.45, 7) is 2.09. The Bertz CT molecular complexity index is 586. The minimum Gasteiger partial charge on any atom is -0.497 e. The number of carbonyl (C=O) groups is 2. The number of hydrogen-bond donors (Lipinski definition) is 0. The number of benzene rings is 1. The zero-order chi connectivity index (χ0) is 16.2. The SMILES string of the molecule is COC(=O)C1=CC(C)(CCc2ccc(OC)cc2)CCC1=O. The molecular formula is C18H22O4. The van der Waals surface area contributed by atoms with Crippen molar-refractivity contribution in [1.29, 1.82) is 0 Å². The lowest BCUT2D eigenvalue weighted by Gasteiger charge is -2.30. The van der Waals surface area contributed by atoms with E-state index in [0.717, 1.165) is 25.0 Å². The third kappa shape index (κ3) is 3.75. The van der Waals surface area contributed by atoms with E-state index < -0.39 is 5.97 Å². The number of hydrogen-bond acceptors (Lipinski definition) is 4. The first kappa shape index (κ1) is 16.3. The van der Waals surface area contributed by atoms with Crippen molar-refractivity contribution in [1.82, 2.24) is 0 Å². The highest BCUT2D eigenvalue weighted by Gasteiger charge is 2.33. The number of rotatable bonds is 5. The minimum atomic E-state index is -0.527. The molecule has 1 aliphatic rings. The van der Waals surface area contributed by atoms with Crippen molar-refractivity contribution in [2.45, 2.75) is 32.6 Å². The maximum Gasteiger partial charge on any atom is 0.341 e. The Labute approximate surface area is 131 Å². The van der Waals surface area contributed by atoms with E-state index in [0.29, 0.717) is 6.42 Å². The monoisotopic (exact) mass is 302 g/mol. The molecule has 0 fully saturated rings. The smallest absolute Gasteiger partial charge is 0.341 e. The van der Waals surface area contributed by atoms with Gasteiger partial charge in [0.1, 0.15) is 5.75 Å². The summed E-state index contributed by atoms with van der Waals surface area (Å²) in [6, 6.07) is 7.97. The molecule has 0 N–H and O–H groups in total. The molecular weight excluding hydrogens is 280 g/mol. The fourth-order valence-corrected chi connectivity index (χ4v) is 2.74. The Hall–Kier alpha value is -2.10. The number of ketones is 1. The second-order valence-electron chi connectivity index (χ2n) is 5.97. The number of carbonyl (C=O) groups excluding carboxylic acids is 2. The third-order valence-corrected chi connectivity index (χ3v) is 4.27. The standard InChI is InChI=1S/C18H22O4/c1-18(10-8-13-4-6-14(21-2)7-5-13)11-9-16(19)15(12-18)17(20)22-3/h4-7,12H,8-11H2,1-3H3. The van der Waals surface area contributed by atoms with Crippen LogP contribution in [0.3, 0.4) is 0 Å². The average Bonchev–Trinajstić information content (AvgIpc) is 2.55. The van der Waals surface area contributed by atoms with Gasteiger partial charge < -0.3 is 9.47 Å². The first-order valence-corrected chi connectivity index (χ1v) is 7.45. The summed E-state index contributed by atoms with van der Waals surface area (Å²) in [6.07, 6.45) is 4.74. The Balaban J connectivity index is 2.08. The highest BCUT2D eigenvalue weighted by atomic mass is 16.5. The van der Waals surface area contributed by atoms with Crippen molar-refractivity contribution in [3.8, 4) is 5.75 Å². The van der Waals surface area contributed by atoms with Crippen LogP contribution in [-0.2, 0) is 20.7 Å². The quantitative estimate of drug-likeness (QED) is 0.619. The summed E-state index contributed by atoms with van der Waals surface area (Å²) in [7, 11) is 2.95. The predicted octanol–water partition coefficient (Wildman–Crippen LogP) is 3.10. The lowest BCUT2D eigenvalue weighted by atomic mass is 9.74. The van der Waals surface area contributed by atoms with Gasteiger partial charge in [-0.25, -0.2) is 4.79 Å². The van der Waals surface area contributed by atoms with E-state index in [1.54, 1.807) is 13.2 Å². The summed E-state index contributed by atoms with van der Waals surface area (Å²) in [5.74, 6) is 0.195. The molecule has 118 valence electrons. The van der Waals surface area contributed by atoms with E-state index in [1.807, 2.05) is 24.3 Å². The van der Waals surface area contributed by atoms with Crippen molar-refractivity contribution in [2.75, 3.05) is 14.2 Å². The summed E-state index contributed by atoms with van der Waals surface area (Å²) < 4.78 is 9.85. The third-order valence-electron chi connectivity index (χ3n) is 4.27. The molecule has 4 heteroatoms. The van der Waals surface area contributed by atoms with E-state index in [2.05, 4.69) is 6.92 Å². The van der Waals surface area contributed by atoms with Gasteiger partial charge in [0.25, 0.3) is 0 Å². The van der Waals surface area contributed by atoms with Crippen LogP contribution in [0.15, 0.2) is 35.9 Å². The largest absolute Gasteiger partial charge is 0.497 e. The molecule has 2 rings (SSSR count). The molecule has 22 heavy (non-hydrogen) atoms. The van der Waals surface area contributed by atoms with Crippen LogP contribution in [0.25, 0.3) is 0 Å². The van der Waals surface area contributed by atoms with Gasteiger partial charge in [0.15, 0.2) is 5.78 Å². The normalized spacial score (nSPS) is 21.2. The van der Waals surface area contributed by atoms with Crippen LogP contribution in [0.5, 0.6) is 5.75 Å². The number of ether oxygens (including phenoxy) is 2. The molecule has 0 saturated carbocycles. The molecule has 1 aromatic carbocycles. The first-order valence-electron chi connectivity index (χ1n) is 7.45. The molecule has 0 aliphatic heterocycles. The lowest BCUT2D eigenvalue weighted by Crippen LogP contribution is -2.27. The Kier molecular flexibility index (Phi) is 5.01. The maximum absolute atomic E-state index is 11.8.